The first kappa shape index (κ1) is 25.7. The van der Waals surface area contributed by atoms with E-state index in [-0.39, 0.29) is 56.0 Å². The van der Waals surface area contributed by atoms with Gasteiger partial charge in [-0.2, -0.15) is 0 Å². The molecule has 0 aliphatic carbocycles. The van der Waals surface area contributed by atoms with Gasteiger partial charge in [-0.25, -0.2) is 0 Å². The number of carboxylic acid groups (broad SMARTS) is 1. The van der Waals surface area contributed by atoms with Gasteiger partial charge < -0.3 is 31.5 Å². The van der Waals surface area contributed by atoms with Crippen molar-refractivity contribution in [2.75, 3.05) is 13.1 Å². The van der Waals surface area contributed by atoms with E-state index in [0.29, 0.717) is 12.8 Å². The monoisotopic (exact) mass is 387 g/mol. The van der Waals surface area contributed by atoms with Crippen LogP contribution in [0.25, 0.3) is 0 Å². The van der Waals surface area contributed by atoms with E-state index in [1.54, 1.807) is 0 Å². The minimum absolute atomic E-state index is 0. The van der Waals surface area contributed by atoms with E-state index < -0.39 is 30.6 Å². The van der Waals surface area contributed by atoms with Crippen LogP contribution in [0.5, 0.6) is 0 Å². The smallest absolute Gasteiger partial charge is 0.451 e. The van der Waals surface area contributed by atoms with Gasteiger partial charge in [0.25, 0.3) is 0 Å². The molecule has 0 aromatic carbocycles. The number of aliphatic carboxylic acids is 1. The van der Waals surface area contributed by atoms with Gasteiger partial charge in [0.2, 0.25) is 5.91 Å². The molecule has 1 rings (SSSR count). The first-order valence-corrected chi connectivity index (χ1v) is 7.52. The average Bonchev–Trinajstić information content (AvgIpc) is 2.75. The Labute approximate surface area is 154 Å². The van der Waals surface area contributed by atoms with Crippen molar-refractivity contribution in [2.45, 2.75) is 44.6 Å². The van der Waals surface area contributed by atoms with Crippen molar-refractivity contribution in [1.29, 1.82) is 0 Å². The number of hydrogen-bond donors (Lipinski definition) is 5. The van der Waals surface area contributed by atoms with Crippen LogP contribution in [0.2, 0.25) is 6.32 Å². The summed E-state index contributed by atoms with van der Waals surface area (Å²) >= 11 is 0. The first-order valence-electron chi connectivity index (χ1n) is 7.52. The number of likely N-dealkylation sites (tertiary alicyclic amines) is 1. The average molecular weight is 388 g/mol. The third-order valence-electron chi connectivity index (χ3n) is 4.35. The molecule has 0 aromatic rings. The lowest BCUT2D eigenvalue weighted by Gasteiger charge is -2.25. The highest BCUT2D eigenvalue weighted by atomic mass is 35.5. The van der Waals surface area contributed by atoms with Gasteiger partial charge in [0, 0.05) is 19.0 Å². The van der Waals surface area contributed by atoms with Crippen molar-refractivity contribution in [1.82, 2.24) is 4.90 Å². The second kappa shape index (κ2) is 10.4. The zero-order valence-electron chi connectivity index (χ0n) is 13.9. The molecule has 1 aliphatic heterocycles. The Kier molecular flexibility index (Phi) is 11.1. The van der Waals surface area contributed by atoms with E-state index in [0.717, 1.165) is 0 Å². The molecule has 3 atom stereocenters. The first-order chi connectivity index (χ1) is 10.1. The second-order valence-corrected chi connectivity index (χ2v) is 6.44. The molecule has 0 spiro atoms. The van der Waals surface area contributed by atoms with E-state index in [9.17, 15) is 14.7 Å². The summed E-state index contributed by atoms with van der Waals surface area (Å²) in [4.78, 5) is 25.2. The molecule has 1 fully saturated rings. The highest BCUT2D eigenvalue weighted by Gasteiger charge is 2.51. The number of nitrogens with two attached hydrogens (primary N) is 2. The Morgan fingerprint density at radius 2 is 1.88 bits per heavy atom. The molecular weight excluding hydrogens is 360 g/mol. The summed E-state index contributed by atoms with van der Waals surface area (Å²) in [6.45, 7) is 3.80. The van der Waals surface area contributed by atoms with Crippen LogP contribution in [0.1, 0.15) is 26.7 Å². The van der Waals surface area contributed by atoms with E-state index in [4.69, 9.17) is 21.5 Å². The molecular formula is C13H28BCl2N3O5. The van der Waals surface area contributed by atoms with Gasteiger partial charge in [0.15, 0.2) is 0 Å². The number of amides is 1. The summed E-state index contributed by atoms with van der Waals surface area (Å²) in [5, 5.41) is 27.1. The minimum Gasteiger partial charge on any atom is -0.480 e. The Morgan fingerprint density at radius 1 is 1.33 bits per heavy atom. The summed E-state index contributed by atoms with van der Waals surface area (Å²) < 4.78 is 0. The third kappa shape index (κ3) is 6.05. The molecule has 0 saturated carbocycles. The van der Waals surface area contributed by atoms with Crippen molar-refractivity contribution in [3.8, 4) is 0 Å². The molecule has 1 amide bonds. The zero-order valence-corrected chi connectivity index (χ0v) is 15.6. The lowest BCUT2D eigenvalue weighted by atomic mass is 9.78. The van der Waals surface area contributed by atoms with Gasteiger partial charge in [-0.15, -0.1) is 24.8 Å². The molecule has 0 bridgehead atoms. The molecule has 0 unspecified atom stereocenters. The van der Waals surface area contributed by atoms with Crippen LogP contribution in [0.4, 0.5) is 0 Å². The van der Waals surface area contributed by atoms with Crippen molar-refractivity contribution in [3.05, 3.63) is 0 Å². The van der Waals surface area contributed by atoms with Crippen LogP contribution in [-0.2, 0) is 9.59 Å². The number of halogens is 2. The number of carbonyl (C=O) groups is 2. The maximum Gasteiger partial charge on any atom is 0.451 e. The molecule has 0 aromatic heterocycles. The Morgan fingerprint density at radius 3 is 2.29 bits per heavy atom. The summed E-state index contributed by atoms with van der Waals surface area (Å²) in [6, 6.07) is -0.684. The maximum atomic E-state index is 12.3. The summed E-state index contributed by atoms with van der Waals surface area (Å²) in [5.41, 5.74) is 10.3. The van der Waals surface area contributed by atoms with Gasteiger partial charge in [0.05, 0.1) is 6.04 Å². The van der Waals surface area contributed by atoms with Crippen LogP contribution in [0, 0.1) is 11.8 Å². The number of carboxylic acids is 1. The van der Waals surface area contributed by atoms with Crippen molar-refractivity contribution in [2.24, 2.45) is 23.3 Å². The fourth-order valence-electron chi connectivity index (χ4n) is 2.74. The lowest BCUT2D eigenvalue weighted by Crippen LogP contribution is -2.55. The standard InChI is InChI=1S/C13H26BN3O5.2ClH/c1-8(2)10(15)11(18)17-6-9(4-3-5-14(21)22)13(16,7-17)12(19)20;;/h8-10,21-22H,3-7,15-16H2,1-2H3,(H,19,20);2*1H/t9-,10-,13-;;/m0../s1. The van der Waals surface area contributed by atoms with Crippen LogP contribution >= 0.6 is 24.8 Å². The van der Waals surface area contributed by atoms with Gasteiger partial charge in [0.1, 0.15) is 5.54 Å². The molecule has 0 radical (unpaired) electrons. The Bertz CT molecular complexity index is 430. The zero-order chi connectivity index (χ0) is 17.1. The minimum atomic E-state index is -1.52. The SMILES string of the molecule is CC(C)[C@H](N)C(=O)N1C[C@H](CCCB(O)O)[C@](N)(C(=O)O)C1.Cl.Cl. The van der Waals surface area contributed by atoms with E-state index in [1.807, 2.05) is 13.8 Å². The fourth-order valence-corrected chi connectivity index (χ4v) is 2.74. The van der Waals surface area contributed by atoms with Gasteiger partial charge in [-0.1, -0.05) is 20.3 Å². The van der Waals surface area contributed by atoms with Crippen LogP contribution in [-0.4, -0.2) is 63.7 Å². The van der Waals surface area contributed by atoms with Crippen molar-refractivity contribution >= 4 is 43.8 Å². The van der Waals surface area contributed by atoms with Crippen LogP contribution in [0.15, 0.2) is 0 Å². The highest BCUT2D eigenvalue weighted by molar-refractivity contribution is 6.40. The molecule has 7 N–H and O–H groups in total. The number of carbonyl (C=O) groups excluding carboxylic acids is 1. The Balaban J connectivity index is 0. The highest BCUT2D eigenvalue weighted by Crippen LogP contribution is 2.31. The topological polar surface area (TPSA) is 150 Å². The largest absolute Gasteiger partial charge is 0.480 e. The van der Waals surface area contributed by atoms with Crippen LogP contribution in [0.3, 0.4) is 0 Å². The fraction of sp³-hybridized carbons (Fsp3) is 0.846. The number of nitrogens with zero attached hydrogens (tertiary/aromatic N) is 1. The van der Waals surface area contributed by atoms with E-state index in [2.05, 4.69) is 0 Å². The third-order valence-corrected chi connectivity index (χ3v) is 4.35. The maximum absolute atomic E-state index is 12.3. The van der Waals surface area contributed by atoms with Gasteiger partial charge in [-0.3, -0.25) is 9.59 Å². The molecule has 24 heavy (non-hydrogen) atoms. The Hall–Kier alpha value is -0.575. The predicted molar refractivity (Wildman–Crippen MR) is 96.2 cm³/mol. The number of hydrogen-bond acceptors (Lipinski definition) is 6. The van der Waals surface area contributed by atoms with Crippen molar-refractivity contribution < 1.29 is 24.7 Å². The normalized spacial score (nSPS) is 24.1. The molecule has 142 valence electrons. The summed E-state index contributed by atoms with van der Waals surface area (Å²) in [5.74, 6) is -1.94. The number of rotatable bonds is 7. The van der Waals surface area contributed by atoms with Gasteiger partial charge in [-0.05, 0) is 18.7 Å². The molecule has 1 saturated heterocycles. The van der Waals surface area contributed by atoms with Crippen molar-refractivity contribution in [3.63, 3.8) is 0 Å². The van der Waals surface area contributed by atoms with Crippen LogP contribution < -0.4 is 11.5 Å². The predicted octanol–water partition coefficient (Wildman–Crippen LogP) is -0.693. The van der Waals surface area contributed by atoms with Gasteiger partial charge >= 0.3 is 13.1 Å². The molecule has 11 heteroatoms. The quantitative estimate of drug-likeness (QED) is 0.362. The molecule has 8 nitrogen and oxygen atoms in total. The second-order valence-electron chi connectivity index (χ2n) is 6.44. The van der Waals surface area contributed by atoms with E-state index >= 15 is 0 Å². The lowest BCUT2D eigenvalue weighted by molar-refractivity contribution is -0.144. The molecule has 1 heterocycles. The van der Waals surface area contributed by atoms with E-state index in [1.165, 1.54) is 4.90 Å². The molecule has 1 aliphatic rings. The summed E-state index contributed by atoms with van der Waals surface area (Å²) in [7, 11) is -1.43. The summed E-state index contributed by atoms with van der Waals surface area (Å²) in [6.07, 6.45) is 0.972.